The predicted octanol–water partition coefficient (Wildman–Crippen LogP) is 2.11. The molecule has 0 spiro atoms. The molecule has 0 unspecified atom stereocenters. The Morgan fingerprint density at radius 3 is 2.84 bits per heavy atom. The summed E-state index contributed by atoms with van der Waals surface area (Å²) < 4.78 is 0. The van der Waals surface area contributed by atoms with Crippen LogP contribution in [0, 0.1) is 0 Å². The molecule has 0 radical (unpaired) electrons. The minimum atomic E-state index is -0.890. The van der Waals surface area contributed by atoms with Gasteiger partial charge in [0.1, 0.15) is 5.82 Å². The van der Waals surface area contributed by atoms with Gasteiger partial charge in [0.15, 0.2) is 5.16 Å². The van der Waals surface area contributed by atoms with Gasteiger partial charge in [-0.15, -0.1) is 6.58 Å². The zero-order valence-corrected chi connectivity index (χ0v) is 14.1. The molecule has 2 amide bonds. The first kappa shape index (κ1) is 17.0. The Bertz CT molecular complexity index is 879. The number of anilines is 2. The van der Waals surface area contributed by atoms with E-state index in [9.17, 15) is 14.4 Å². The average Bonchev–Trinajstić information content (AvgIpc) is 2.59. The van der Waals surface area contributed by atoms with E-state index in [1.165, 1.54) is 11.8 Å². The molecule has 1 atom stereocenters. The molecule has 1 aliphatic heterocycles. The van der Waals surface area contributed by atoms with Gasteiger partial charge in [-0.05, 0) is 12.1 Å². The van der Waals surface area contributed by atoms with Crippen molar-refractivity contribution >= 4 is 35.1 Å². The van der Waals surface area contributed by atoms with Gasteiger partial charge < -0.3 is 15.6 Å². The smallest absolute Gasteiger partial charge is 0.257 e. The maximum absolute atomic E-state index is 12.6. The molecule has 25 heavy (non-hydrogen) atoms. The molecule has 0 saturated heterocycles. The van der Waals surface area contributed by atoms with Crippen LogP contribution in [0.25, 0.3) is 0 Å². The van der Waals surface area contributed by atoms with Crippen LogP contribution in [0.5, 0.6) is 0 Å². The van der Waals surface area contributed by atoms with Gasteiger partial charge in [-0.2, -0.15) is 0 Å². The van der Waals surface area contributed by atoms with E-state index in [2.05, 4.69) is 27.2 Å². The molecule has 0 saturated carbocycles. The van der Waals surface area contributed by atoms with Crippen molar-refractivity contribution in [3.8, 4) is 0 Å². The van der Waals surface area contributed by atoms with E-state index in [1.807, 2.05) is 6.07 Å². The topological polar surface area (TPSA) is 104 Å². The van der Waals surface area contributed by atoms with E-state index in [0.29, 0.717) is 16.6 Å². The summed E-state index contributed by atoms with van der Waals surface area (Å²) in [5.41, 5.74) is 0.350. The summed E-state index contributed by atoms with van der Waals surface area (Å²) in [6.45, 7) is 3.61. The van der Waals surface area contributed by atoms with Crippen LogP contribution in [0.15, 0.2) is 52.9 Å². The van der Waals surface area contributed by atoms with E-state index in [1.54, 1.807) is 30.3 Å². The van der Waals surface area contributed by atoms with Crippen LogP contribution < -0.4 is 16.2 Å². The molecule has 2 aromatic rings. The Labute approximate surface area is 147 Å². The first-order chi connectivity index (χ1) is 12.1. The summed E-state index contributed by atoms with van der Waals surface area (Å²) in [6.07, 6.45) is 1.58. The number of aromatic amines is 1. The minimum Gasteiger partial charge on any atom is -0.326 e. The lowest BCUT2D eigenvalue weighted by atomic mass is 9.92. The third-order valence-corrected chi connectivity index (χ3v) is 4.49. The Morgan fingerprint density at radius 2 is 2.12 bits per heavy atom. The van der Waals surface area contributed by atoms with Gasteiger partial charge in [0, 0.05) is 17.9 Å². The molecular weight excluding hydrogens is 340 g/mol. The lowest BCUT2D eigenvalue weighted by Crippen LogP contribution is -2.36. The molecule has 1 aromatic heterocycles. The van der Waals surface area contributed by atoms with Crippen LogP contribution in [0.4, 0.5) is 11.5 Å². The second-order valence-electron chi connectivity index (χ2n) is 5.39. The lowest BCUT2D eigenvalue weighted by molar-refractivity contribution is -0.123. The third-order valence-electron chi connectivity index (χ3n) is 3.63. The van der Waals surface area contributed by atoms with Crippen LogP contribution in [-0.2, 0) is 9.59 Å². The quantitative estimate of drug-likeness (QED) is 0.432. The lowest BCUT2D eigenvalue weighted by Gasteiger charge is -2.23. The van der Waals surface area contributed by atoms with Gasteiger partial charge in [0.25, 0.3) is 5.56 Å². The standard InChI is InChI=1S/C17H16N4O3S/c1-2-8-25-17-20-14-13(16(24)21-17)11(9-12(22)19-14)15(23)18-10-6-4-3-5-7-10/h2-7,11H,1,8-9H2,(H,18,23)(H2,19,20,21,22,24)/t11-/m0/s1. The van der Waals surface area contributed by atoms with Gasteiger partial charge in [-0.3, -0.25) is 14.4 Å². The van der Waals surface area contributed by atoms with Crippen molar-refractivity contribution in [2.75, 3.05) is 16.4 Å². The van der Waals surface area contributed by atoms with Crippen molar-refractivity contribution in [2.24, 2.45) is 0 Å². The number of nitrogens with zero attached hydrogens (tertiary/aromatic N) is 1. The SMILES string of the molecule is C=CCSc1nc2c(c(=O)[nH]1)[C@@H](C(=O)Nc1ccccc1)CC(=O)N2. The fourth-order valence-electron chi connectivity index (χ4n) is 2.53. The normalized spacial score (nSPS) is 15.8. The Morgan fingerprint density at radius 1 is 1.36 bits per heavy atom. The minimum absolute atomic E-state index is 0.102. The van der Waals surface area contributed by atoms with Gasteiger partial charge in [-0.25, -0.2) is 4.98 Å². The van der Waals surface area contributed by atoms with E-state index in [4.69, 9.17) is 0 Å². The molecule has 0 fully saturated rings. The highest BCUT2D eigenvalue weighted by Crippen LogP contribution is 2.30. The van der Waals surface area contributed by atoms with Crippen molar-refractivity contribution in [2.45, 2.75) is 17.5 Å². The Kier molecular flexibility index (Phi) is 4.99. The molecule has 128 valence electrons. The number of hydrogen-bond donors (Lipinski definition) is 3. The highest BCUT2D eigenvalue weighted by molar-refractivity contribution is 7.99. The van der Waals surface area contributed by atoms with Crippen molar-refractivity contribution in [1.82, 2.24) is 9.97 Å². The number of aromatic nitrogens is 2. The Hall–Kier alpha value is -2.87. The van der Waals surface area contributed by atoms with Crippen molar-refractivity contribution in [3.05, 3.63) is 58.9 Å². The molecular formula is C17H16N4O3S. The molecule has 8 heteroatoms. The fourth-order valence-corrected chi connectivity index (χ4v) is 3.13. The first-order valence-electron chi connectivity index (χ1n) is 7.62. The van der Waals surface area contributed by atoms with E-state index in [-0.39, 0.29) is 23.7 Å². The molecule has 1 aromatic carbocycles. The molecule has 2 heterocycles. The maximum atomic E-state index is 12.6. The number of amides is 2. The highest BCUT2D eigenvalue weighted by Gasteiger charge is 2.34. The molecule has 0 bridgehead atoms. The third kappa shape index (κ3) is 3.80. The van der Waals surface area contributed by atoms with Crippen molar-refractivity contribution in [3.63, 3.8) is 0 Å². The summed E-state index contributed by atoms with van der Waals surface area (Å²) in [7, 11) is 0. The van der Waals surface area contributed by atoms with Gasteiger partial charge >= 0.3 is 0 Å². The number of carbonyl (C=O) groups excluding carboxylic acids is 2. The zero-order chi connectivity index (χ0) is 17.8. The van der Waals surface area contributed by atoms with E-state index < -0.39 is 17.4 Å². The number of nitrogens with one attached hydrogen (secondary N) is 3. The molecule has 7 nitrogen and oxygen atoms in total. The van der Waals surface area contributed by atoms with Gasteiger partial charge in [-0.1, -0.05) is 36.0 Å². The van der Waals surface area contributed by atoms with Crippen molar-refractivity contribution < 1.29 is 9.59 Å². The largest absolute Gasteiger partial charge is 0.326 e. The van der Waals surface area contributed by atoms with Crippen LogP contribution in [0.3, 0.4) is 0 Å². The molecule has 0 aliphatic carbocycles. The van der Waals surface area contributed by atoms with Gasteiger partial charge in [0.2, 0.25) is 11.8 Å². The number of carbonyl (C=O) groups is 2. The van der Waals surface area contributed by atoms with Crippen LogP contribution in [-0.4, -0.2) is 27.5 Å². The number of para-hydroxylation sites is 1. The number of benzene rings is 1. The number of H-pyrrole nitrogens is 1. The van der Waals surface area contributed by atoms with Crippen LogP contribution in [0.1, 0.15) is 17.9 Å². The summed E-state index contributed by atoms with van der Waals surface area (Å²) in [6, 6.07) is 8.87. The molecule has 3 N–H and O–H groups in total. The summed E-state index contributed by atoms with van der Waals surface area (Å²) in [5, 5.41) is 5.68. The van der Waals surface area contributed by atoms with Crippen LogP contribution in [0.2, 0.25) is 0 Å². The second kappa shape index (κ2) is 7.35. The second-order valence-corrected chi connectivity index (χ2v) is 6.40. The van der Waals surface area contributed by atoms with Gasteiger partial charge in [0.05, 0.1) is 11.5 Å². The summed E-state index contributed by atoms with van der Waals surface area (Å²) in [5.74, 6) is -0.953. The molecule has 3 rings (SSSR count). The summed E-state index contributed by atoms with van der Waals surface area (Å²) >= 11 is 1.28. The zero-order valence-electron chi connectivity index (χ0n) is 13.2. The Balaban J connectivity index is 1.92. The number of thioether (sulfide) groups is 1. The highest BCUT2D eigenvalue weighted by atomic mass is 32.2. The number of rotatable bonds is 5. The van der Waals surface area contributed by atoms with E-state index in [0.717, 1.165) is 0 Å². The fraction of sp³-hybridized carbons (Fsp3) is 0.176. The van der Waals surface area contributed by atoms with Crippen molar-refractivity contribution in [1.29, 1.82) is 0 Å². The predicted molar refractivity (Wildman–Crippen MR) is 96.8 cm³/mol. The number of hydrogen-bond acceptors (Lipinski definition) is 5. The average molecular weight is 356 g/mol. The monoisotopic (exact) mass is 356 g/mol. The van der Waals surface area contributed by atoms with E-state index >= 15 is 0 Å². The molecule has 1 aliphatic rings. The van der Waals surface area contributed by atoms with Crippen LogP contribution >= 0.6 is 11.8 Å². The summed E-state index contributed by atoms with van der Waals surface area (Å²) in [4.78, 5) is 43.9. The number of fused-ring (bicyclic) bond motifs is 1. The maximum Gasteiger partial charge on any atom is 0.257 e. The first-order valence-corrected chi connectivity index (χ1v) is 8.60.